The fourth-order valence-corrected chi connectivity index (χ4v) is 5.49. The first kappa shape index (κ1) is 19.2. The third-order valence-corrected chi connectivity index (χ3v) is 6.86. The van der Waals surface area contributed by atoms with Gasteiger partial charge in [-0.2, -0.15) is 0 Å². The second-order valence-corrected chi connectivity index (χ2v) is 8.70. The van der Waals surface area contributed by atoms with Crippen molar-refractivity contribution in [1.29, 1.82) is 0 Å². The predicted molar refractivity (Wildman–Crippen MR) is 99.7 cm³/mol. The highest BCUT2D eigenvalue weighted by atomic mass is 32.2. The van der Waals surface area contributed by atoms with Gasteiger partial charge in [0.2, 0.25) is 0 Å². The number of sulfonamides is 1. The number of benzene rings is 1. The largest absolute Gasteiger partial charge is 0.476 e. The van der Waals surface area contributed by atoms with Gasteiger partial charge in [0.25, 0.3) is 15.9 Å². The summed E-state index contributed by atoms with van der Waals surface area (Å²) >= 11 is 0.980. The average Bonchev–Trinajstić information content (AvgIpc) is 3.16. The molecule has 0 saturated carbocycles. The molecule has 0 fully saturated rings. The lowest BCUT2D eigenvalue weighted by molar-refractivity contribution is -0.135. The van der Waals surface area contributed by atoms with Crippen LogP contribution in [0.1, 0.15) is 9.67 Å². The van der Waals surface area contributed by atoms with Crippen LogP contribution in [0.5, 0.6) is 5.75 Å². The molecule has 27 heavy (non-hydrogen) atoms. The van der Waals surface area contributed by atoms with Crippen LogP contribution in [0, 0.1) is 0 Å². The van der Waals surface area contributed by atoms with E-state index in [1.807, 2.05) is 0 Å². The van der Waals surface area contributed by atoms with E-state index in [-0.39, 0.29) is 28.0 Å². The van der Waals surface area contributed by atoms with Crippen LogP contribution < -0.4 is 9.04 Å². The van der Waals surface area contributed by atoms with Gasteiger partial charge in [-0.25, -0.2) is 13.2 Å². The lowest BCUT2D eigenvalue weighted by Gasteiger charge is -2.35. The molecule has 2 aromatic rings. The number of carbonyl (C=O) groups is 2. The Labute approximate surface area is 161 Å². The van der Waals surface area contributed by atoms with E-state index in [2.05, 4.69) is 4.74 Å². The van der Waals surface area contributed by atoms with Gasteiger partial charge < -0.3 is 14.4 Å². The highest BCUT2D eigenvalue weighted by Crippen LogP contribution is 2.38. The van der Waals surface area contributed by atoms with E-state index in [1.54, 1.807) is 38.4 Å². The molecule has 1 amide bonds. The number of amides is 1. The third kappa shape index (κ3) is 3.37. The molecule has 1 atom stereocenters. The van der Waals surface area contributed by atoms with Gasteiger partial charge in [0.05, 0.1) is 19.3 Å². The van der Waals surface area contributed by atoms with Crippen molar-refractivity contribution in [3.63, 3.8) is 0 Å². The molecule has 0 bridgehead atoms. The van der Waals surface area contributed by atoms with Crippen LogP contribution in [0.25, 0.3) is 0 Å². The molecular formula is C17H18N2O6S2. The van der Waals surface area contributed by atoms with Crippen LogP contribution in [0.4, 0.5) is 5.69 Å². The van der Waals surface area contributed by atoms with Crippen molar-refractivity contribution in [2.75, 3.05) is 32.1 Å². The molecule has 144 valence electrons. The molecule has 1 aromatic heterocycles. The second-order valence-electron chi connectivity index (χ2n) is 5.95. The normalized spacial score (nSPS) is 16.3. The molecule has 2 heterocycles. The first-order chi connectivity index (χ1) is 12.8. The fourth-order valence-electron chi connectivity index (χ4n) is 2.71. The van der Waals surface area contributed by atoms with E-state index in [0.717, 1.165) is 15.6 Å². The lowest BCUT2D eigenvalue weighted by Crippen LogP contribution is -2.50. The minimum absolute atomic E-state index is 0.0167. The minimum Gasteiger partial charge on any atom is -0.476 e. The second kappa shape index (κ2) is 7.20. The highest BCUT2D eigenvalue weighted by molar-refractivity contribution is 7.93. The molecule has 0 spiro atoms. The number of hydrogen-bond acceptors (Lipinski definition) is 7. The standard InChI is InChI=1S/C17H18N2O6S2/c1-18(2)16(20)13-10-19(11-6-4-5-7-12(11)25-13)27(22,23)14-8-9-26-15(14)17(21)24-3/h4-9,13H,10H2,1-3H3. The number of fused-ring (bicyclic) bond motifs is 1. The SMILES string of the molecule is COC(=O)c1sccc1S(=O)(=O)N1CC(C(=O)N(C)C)Oc2ccccc21. The summed E-state index contributed by atoms with van der Waals surface area (Å²) in [6.45, 7) is -0.202. The summed E-state index contributed by atoms with van der Waals surface area (Å²) < 4.78 is 38.2. The van der Waals surface area contributed by atoms with Crippen LogP contribution >= 0.6 is 11.3 Å². The maximum absolute atomic E-state index is 13.3. The van der Waals surface area contributed by atoms with Crippen molar-refractivity contribution < 1.29 is 27.5 Å². The number of anilines is 1. The van der Waals surface area contributed by atoms with Gasteiger partial charge in [-0.3, -0.25) is 9.10 Å². The number of nitrogens with zero attached hydrogens (tertiary/aromatic N) is 2. The summed E-state index contributed by atoms with van der Waals surface area (Å²) in [5.74, 6) is -0.809. The topological polar surface area (TPSA) is 93.2 Å². The molecule has 10 heteroatoms. The first-order valence-corrected chi connectivity index (χ1v) is 10.2. The Hall–Kier alpha value is -2.59. The van der Waals surface area contributed by atoms with Crippen molar-refractivity contribution in [3.8, 4) is 5.75 Å². The number of methoxy groups -OCH3 is 1. The van der Waals surface area contributed by atoms with E-state index in [1.165, 1.54) is 23.5 Å². The zero-order valence-corrected chi connectivity index (χ0v) is 16.5. The molecule has 0 radical (unpaired) electrons. The van der Waals surface area contributed by atoms with Crippen molar-refractivity contribution in [2.24, 2.45) is 0 Å². The molecule has 3 rings (SSSR count). The number of rotatable bonds is 4. The summed E-state index contributed by atoms with van der Waals surface area (Å²) in [5, 5.41) is 1.51. The predicted octanol–water partition coefficient (Wildman–Crippen LogP) is 1.58. The van der Waals surface area contributed by atoms with Crippen LogP contribution in [0.2, 0.25) is 0 Å². The van der Waals surface area contributed by atoms with Gasteiger partial charge in [-0.1, -0.05) is 12.1 Å². The number of ether oxygens (including phenoxy) is 2. The molecule has 1 aromatic carbocycles. The first-order valence-electron chi connectivity index (χ1n) is 7.92. The Morgan fingerprint density at radius 3 is 2.63 bits per heavy atom. The van der Waals surface area contributed by atoms with Gasteiger partial charge in [0.1, 0.15) is 15.5 Å². The Morgan fingerprint density at radius 2 is 1.96 bits per heavy atom. The molecule has 0 aliphatic carbocycles. The van der Waals surface area contributed by atoms with Gasteiger partial charge in [-0.05, 0) is 23.6 Å². The van der Waals surface area contributed by atoms with Gasteiger partial charge in [0, 0.05) is 14.1 Å². The number of esters is 1. The van der Waals surface area contributed by atoms with Gasteiger partial charge in [0.15, 0.2) is 6.10 Å². The van der Waals surface area contributed by atoms with Crippen LogP contribution in [0.3, 0.4) is 0 Å². The van der Waals surface area contributed by atoms with E-state index in [0.29, 0.717) is 5.69 Å². The van der Waals surface area contributed by atoms with E-state index < -0.39 is 22.1 Å². The van der Waals surface area contributed by atoms with E-state index >= 15 is 0 Å². The lowest BCUT2D eigenvalue weighted by atomic mass is 10.2. The van der Waals surface area contributed by atoms with Crippen molar-refractivity contribution >= 4 is 38.9 Å². The van der Waals surface area contributed by atoms with Crippen LogP contribution in [0.15, 0.2) is 40.6 Å². The van der Waals surface area contributed by atoms with Gasteiger partial charge >= 0.3 is 5.97 Å². The van der Waals surface area contributed by atoms with Crippen molar-refractivity contribution in [1.82, 2.24) is 4.90 Å². The Kier molecular flexibility index (Phi) is 5.11. The maximum atomic E-state index is 13.3. The third-order valence-electron chi connectivity index (χ3n) is 4.02. The number of carbonyl (C=O) groups excluding carboxylic acids is 2. The smallest absolute Gasteiger partial charge is 0.349 e. The molecule has 1 aliphatic rings. The molecule has 1 aliphatic heterocycles. The summed E-state index contributed by atoms with van der Waals surface area (Å²) in [5.41, 5.74) is 0.308. The fraction of sp³-hybridized carbons (Fsp3) is 0.294. The molecule has 0 saturated heterocycles. The summed E-state index contributed by atoms with van der Waals surface area (Å²) in [7, 11) is 0.208. The quantitative estimate of drug-likeness (QED) is 0.711. The Balaban J connectivity index is 2.10. The minimum atomic E-state index is -4.12. The number of likely N-dealkylation sites (N-methyl/N-ethyl adjacent to an activating group) is 1. The van der Waals surface area contributed by atoms with Crippen LogP contribution in [-0.2, 0) is 19.6 Å². The summed E-state index contributed by atoms with van der Waals surface area (Å²) in [4.78, 5) is 25.5. The van der Waals surface area contributed by atoms with E-state index in [9.17, 15) is 18.0 Å². The van der Waals surface area contributed by atoms with Crippen LogP contribution in [-0.4, -0.2) is 59.0 Å². The molecule has 0 N–H and O–H groups in total. The van der Waals surface area contributed by atoms with Gasteiger partial charge in [-0.15, -0.1) is 11.3 Å². The maximum Gasteiger partial charge on any atom is 0.349 e. The monoisotopic (exact) mass is 410 g/mol. The number of hydrogen-bond donors (Lipinski definition) is 0. The van der Waals surface area contributed by atoms with E-state index in [4.69, 9.17) is 4.74 Å². The average molecular weight is 410 g/mol. The Morgan fingerprint density at radius 1 is 1.26 bits per heavy atom. The summed E-state index contributed by atoms with van der Waals surface area (Å²) in [6.07, 6.45) is -0.995. The van der Waals surface area contributed by atoms with Crippen molar-refractivity contribution in [3.05, 3.63) is 40.6 Å². The molecule has 8 nitrogen and oxygen atoms in total. The number of para-hydroxylation sites is 2. The number of thiophene rings is 1. The Bertz CT molecular complexity index is 983. The van der Waals surface area contributed by atoms with Crippen molar-refractivity contribution in [2.45, 2.75) is 11.0 Å². The zero-order valence-electron chi connectivity index (χ0n) is 14.9. The zero-order chi connectivity index (χ0) is 19.8. The molecule has 1 unspecified atom stereocenters. The summed E-state index contributed by atoms with van der Waals surface area (Å²) in [6, 6.07) is 7.91. The highest BCUT2D eigenvalue weighted by Gasteiger charge is 2.39. The molecular weight excluding hydrogens is 392 g/mol.